The normalized spacial score (nSPS) is 10.6. The summed E-state index contributed by atoms with van der Waals surface area (Å²) in [5.74, 6) is -0.737. The highest BCUT2D eigenvalue weighted by Gasteiger charge is 2.00. The maximum absolute atomic E-state index is 10.8. The van der Waals surface area contributed by atoms with Gasteiger partial charge in [0, 0.05) is 11.3 Å². The zero-order valence-corrected chi connectivity index (χ0v) is 10.5. The van der Waals surface area contributed by atoms with E-state index in [4.69, 9.17) is 5.73 Å². The number of nitrogens with two attached hydrogens (primary N) is 1. The average molecular weight is 286 g/mol. The number of hydrogen-bond acceptors (Lipinski definition) is 4. The van der Waals surface area contributed by atoms with Gasteiger partial charge in [-0.25, -0.2) is 0 Å². The second-order valence-corrected chi connectivity index (χ2v) is 3.47. The van der Waals surface area contributed by atoms with Gasteiger partial charge >= 0.3 is 0 Å². The summed E-state index contributed by atoms with van der Waals surface area (Å²) in [6.07, 6.45) is 0. The molecule has 0 bridgehead atoms. The largest absolute Gasteiger partial charge is 0.771 e. The molecule has 16 heavy (non-hydrogen) atoms. The summed E-state index contributed by atoms with van der Waals surface area (Å²) in [6.45, 7) is 0. The van der Waals surface area contributed by atoms with Crippen molar-refractivity contribution in [2.45, 2.75) is 0 Å². The van der Waals surface area contributed by atoms with Crippen molar-refractivity contribution in [2.24, 2.45) is 5.73 Å². The number of hydrogen-bond donors (Lipinski definition) is 2. The minimum Gasteiger partial charge on any atom is -0.771 e. The Labute approximate surface area is 108 Å². The lowest BCUT2D eigenvalue weighted by Crippen LogP contribution is -2.12. The number of amides is 1. The number of primary amides is 1. The first-order valence-corrected chi connectivity index (χ1v) is 5.03. The Hall–Kier alpha value is -0.820. The van der Waals surface area contributed by atoms with Crippen LogP contribution in [0.15, 0.2) is 24.3 Å². The van der Waals surface area contributed by atoms with E-state index in [9.17, 15) is 13.6 Å². The zero-order valence-electron chi connectivity index (χ0n) is 8.04. The van der Waals surface area contributed by atoms with E-state index >= 15 is 0 Å². The van der Waals surface area contributed by atoms with Crippen molar-refractivity contribution in [3.63, 3.8) is 0 Å². The summed E-state index contributed by atoms with van der Waals surface area (Å²) in [4.78, 5) is 10.8. The van der Waals surface area contributed by atoms with Crippen LogP contribution in [0, 0.1) is 0 Å². The fourth-order valence-electron chi connectivity index (χ4n) is 0.925. The Morgan fingerprint density at radius 2 is 2.06 bits per heavy atom. The van der Waals surface area contributed by atoms with Crippen LogP contribution in [0.5, 0.6) is 0 Å². The van der Waals surface area contributed by atoms with E-state index in [1.54, 1.807) is 18.2 Å². The number of benzene rings is 1. The van der Waals surface area contributed by atoms with E-state index in [0.717, 1.165) is 0 Å². The van der Waals surface area contributed by atoms with Crippen LogP contribution >= 0.6 is 24.8 Å². The van der Waals surface area contributed by atoms with Gasteiger partial charge in [-0.15, -0.1) is 24.8 Å². The fraction of sp³-hybridized carbons (Fsp3) is 0.125. The molecule has 1 atom stereocenters. The number of anilines is 1. The Morgan fingerprint density at radius 3 is 2.56 bits per heavy atom. The summed E-state index contributed by atoms with van der Waals surface area (Å²) < 4.78 is 20.5. The van der Waals surface area contributed by atoms with Crippen molar-refractivity contribution in [1.29, 1.82) is 0 Å². The molecule has 5 nitrogen and oxygen atoms in total. The second-order valence-electron chi connectivity index (χ2n) is 2.57. The zero-order chi connectivity index (χ0) is 10.6. The maximum Gasteiger partial charge on any atom is 0.248 e. The highest BCUT2D eigenvalue weighted by atomic mass is 35.5. The van der Waals surface area contributed by atoms with E-state index < -0.39 is 17.0 Å². The van der Waals surface area contributed by atoms with Crippen LogP contribution in [0.1, 0.15) is 10.4 Å². The summed E-state index contributed by atoms with van der Waals surface area (Å²) in [5, 5.41) is 2.62. The molecule has 1 aromatic rings. The molecule has 1 aromatic carbocycles. The standard InChI is InChI=1S/C8H10N2O3S.2ClH/c9-8(11)6-2-1-3-7(4-6)10-5-14(12)13;;/h1-4,10H,5H2,(H2,9,11)(H,12,13);2*1H/p-1. The molecule has 1 unspecified atom stereocenters. The molecule has 0 aliphatic carbocycles. The van der Waals surface area contributed by atoms with Gasteiger partial charge < -0.3 is 15.6 Å². The molecule has 0 saturated heterocycles. The molecule has 8 heteroatoms. The molecular formula is C8H11Cl2N2O3S-. The van der Waals surface area contributed by atoms with E-state index in [1.165, 1.54) is 6.07 Å². The molecule has 92 valence electrons. The molecule has 1 amide bonds. The summed E-state index contributed by atoms with van der Waals surface area (Å²) >= 11 is -2.16. The monoisotopic (exact) mass is 285 g/mol. The summed E-state index contributed by atoms with van der Waals surface area (Å²) in [5.41, 5.74) is 5.94. The van der Waals surface area contributed by atoms with Crippen molar-refractivity contribution in [1.82, 2.24) is 0 Å². The van der Waals surface area contributed by atoms with Gasteiger partial charge in [-0.2, -0.15) is 0 Å². The van der Waals surface area contributed by atoms with Crippen LogP contribution in [0.4, 0.5) is 5.69 Å². The molecule has 0 spiro atoms. The SMILES string of the molecule is Cl.Cl.NC(=O)c1cccc(NCS(=O)[O-])c1. The van der Waals surface area contributed by atoms with Gasteiger partial charge in [0.2, 0.25) is 5.91 Å². The Kier molecular flexibility index (Phi) is 9.17. The van der Waals surface area contributed by atoms with Crippen molar-refractivity contribution >= 4 is 47.5 Å². The topological polar surface area (TPSA) is 95.2 Å². The third-order valence-electron chi connectivity index (χ3n) is 1.54. The average Bonchev–Trinajstić information content (AvgIpc) is 2.15. The third-order valence-corrected chi connectivity index (χ3v) is 1.92. The Bertz CT molecular complexity index is 376. The Balaban J connectivity index is 0. The molecule has 0 fully saturated rings. The van der Waals surface area contributed by atoms with E-state index in [0.29, 0.717) is 11.3 Å². The van der Waals surface area contributed by atoms with Crippen molar-refractivity contribution in [3.05, 3.63) is 29.8 Å². The predicted octanol–water partition coefficient (Wildman–Crippen LogP) is 0.878. The molecule has 0 radical (unpaired) electrons. The summed E-state index contributed by atoms with van der Waals surface area (Å²) in [6, 6.07) is 6.33. The molecule has 3 N–H and O–H groups in total. The Morgan fingerprint density at radius 1 is 1.44 bits per heavy atom. The molecule has 1 rings (SSSR count). The fourth-order valence-corrected chi connectivity index (χ4v) is 1.21. The minimum absolute atomic E-state index is 0. The van der Waals surface area contributed by atoms with Crippen molar-refractivity contribution in [2.75, 3.05) is 11.2 Å². The first kappa shape index (κ1) is 17.6. The lowest BCUT2D eigenvalue weighted by atomic mass is 10.2. The predicted molar refractivity (Wildman–Crippen MR) is 66.9 cm³/mol. The number of halogens is 2. The molecule has 0 aliphatic heterocycles. The van der Waals surface area contributed by atoms with Crippen molar-refractivity contribution in [3.8, 4) is 0 Å². The van der Waals surface area contributed by atoms with Crippen LogP contribution < -0.4 is 11.1 Å². The van der Waals surface area contributed by atoms with Gasteiger partial charge in [0.1, 0.15) is 0 Å². The maximum atomic E-state index is 10.8. The smallest absolute Gasteiger partial charge is 0.248 e. The number of carbonyl (C=O) groups excluding carboxylic acids is 1. The van der Waals surface area contributed by atoms with E-state index in [-0.39, 0.29) is 30.7 Å². The first-order chi connectivity index (χ1) is 6.59. The second kappa shape index (κ2) is 8.35. The van der Waals surface area contributed by atoms with Gasteiger partial charge in [0.05, 0.1) is 5.88 Å². The number of rotatable bonds is 4. The lowest BCUT2D eigenvalue weighted by molar-refractivity contribution is 0.100. The lowest BCUT2D eigenvalue weighted by Gasteiger charge is -2.08. The highest BCUT2D eigenvalue weighted by molar-refractivity contribution is 7.79. The number of nitrogens with one attached hydrogen (secondary N) is 1. The number of carbonyl (C=O) groups is 1. The minimum atomic E-state index is -2.16. The van der Waals surface area contributed by atoms with Crippen LogP contribution in [0.2, 0.25) is 0 Å². The third kappa shape index (κ3) is 5.92. The van der Waals surface area contributed by atoms with Gasteiger partial charge in [0.15, 0.2) is 0 Å². The van der Waals surface area contributed by atoms with Crippen LogP contribution in [0.3, 0.4) is 0 Å². The molecular weight excluding hydrogens is 275 g/mol. The van der Waals surface area contributed by atoms with Crippen molar-refractivity contribution < 1.29 is 13.6 Å². The quantitative estimate of drug-likeness (QED) is 0.803. The molecule has 0 saturated carbocycles. The van der Waals surface area contributed by atoms with Gasteiger partial charge in [-0.1, -0.05) is 6.07 Å². The van der Waals surface area contributed by atoms with E-state index in [1.807, 2.05) is 0 Å². The van der Waals surface area contributed by atoms with Crippen LogP contribution in [-0.2, 0) is 11.1 Å². The van der Waals surface area contributed by atoms with Crippen LogP contribution in [0.25, 0.3) is 0 Å². The van der Waals surface area contributed by atoms with Gasteiger partial charge in [-0.3, -0.25) is 9.00 Å². The molecule has 0 aromatic heterocycles. The van der Waals surface area contributed by atoms with E-state index in [2.05, 4.69) is 5.32 Å². The molecule has 0 aliphatic rings. The highest BCUT2D eigenvalue weighted by Crippen LogP contribution is 2.09. The van der Waals surface area contributed by atoms with Crippen LogP contribution in [-0.4, -0.2) is 20.5 Å². The molecule has 0 heterocycles. The van der Waals surface area contributed by atoms with Gasteiger partial charge in [-0.05, 0) is 29.3 Å². The first-order valence-electron chi connectivity index (χ1n) is 3.79. The summed E-state index contributed by atoms with van der Waals surface area (Å²) in [7, 11) is 0. The van der Waals surface area contributed by atoms with Gasteiger partial charge in [0.25, 0.3) is 0 Å².